The van der Waals surface area contributed by atoms with Gasteiger partial charge in [-0.05, 0) is 37.8 Å². The van der Waals surface area contributed by atoms with Crippen LogP contribution in [0, 0.1) is 11.8 Å². The van der Waals surface area contributed by atoms with E-state index in [0.717, 1.165) is 13.1 Å². The van der Waals surface area contributed by atoms with Gasteiger partial charge >= 0.3 is 0 Å². The molecule has 2 aliphatic heterocycles. The third-order valence-electron chi connectivity index (χ3n) is 4.82. The highest BCUT2D eigenvalue weighted by atomic mass is 16.3. The van der Waals surface area contributed by atoms with E-state index in [-0.39, 0.29) is 28.5 Å². The van der Waals surface area contributed by atoms with E-state index < -0.39 is 0 Å². The summed E-state index contributed by atoms with van der Waals surface area (Å²) in [4.78, 5) is 14.5. The molecule has 0 radical (unpaired) electrons. The van der Waals surface area contributed by atoms with Crippen molar-refractivity contribution in [1.29, 1.82) is 0 Å². The van der Waals surface area contributed by atoms with Crippen LogP contribution in [0.2, 0.25) is 0 Å². The van der Waals surface area contributed by atoms with Crippen molar-refractivity contribution in [3.05, 3.63) is 23.8 Å². The quantitative estimate of drug-likeness (QED) is 0.720. The maximum atomic E-state index is 12.7. The van der Waals surface area contributed by atoms with E-state index in [1.807, 2.05) is 4.90 Å². The lowest BCUT2D eigenvalue weighted by Crippen LogP contribution is -2.47. The van der Waals surface area contributed by atoms with E-state index in [1.165, 1.54) is 18.2 Å². The fourth-order valence-electron chi connectivity index (χ4n) is 3.61. The highest BCUT2D eigenvalue weighted by Crippen LogP contribution is 2.42. The number of carbonyl (C=O) groups excluding carboxylic acids is 1. The Hall–Kier alpha value is -1.75. The number of benzene rings is 1. The molecule has 2 aliphatic rings. The Labute approximate surface area is 118 Å². The summed E-state index contributed by atoms with van der Waals surface area (Å²) < 4.78 is 0. The molecule has 5 nitrogen and oxygen atoms in total. The Morgan fingerprint density at radius 1 is 1.35 bits per heavy atom. The Kier molecular flexibility index (Phi) is 2.90. The van der Waals surface area contributed by atoms with Crippen LogP contribution in [0.5, 0.6) is 11.5 Å². The zero-order chi connectivity index (χ0) is 14.5. The third-order valence-corrected chi connectivity index (χ3v) is 4.82. The summed E-state index contributed by atoms with van der Waals surface area (Å²) in [6.07, 6.45) is 0. The summed E-state index contributed by atoms with van der Waals surface area (Å²) in [5, 5.41) is 22.6. The fraction of sp³-hybridized carbons (Fsp3) is 0.533. The predicted octanol–water partition coefficient (Wildman–Crippen LogP) is 1.17. The second-order valence-electron chi connectivity index (χ2n) is 6.30. The molecular formula is C15H20N2O3. The molecule has 2 fully saturated rings. The largest absolute Gasteiger partial charge is 0.508 e. The Balaban J connectivity index is 1.91. The summed E-state index contributed by atoms with van der Waals surface area (Å²) in [6, 6.07) is 4.12. The van der Waals surface area contributed by atoms with Gasteiger partial charge in [0.15, 0.2) is 0 Å². The number of likely N-dealkylation sites (tertiary alicyclic amines) is 1. The highest BCUT2D eigenvalue weighted by molar-refractivity contribution is 5.97. The minimum Gasteiger partial charge on any atom is -0.508 e. The average Bonchev–Trinajstić information content (AvgIpc) is 2.91. The molecule has 1 amide bonds. The number of carbonyl (C=O) groups is 1. The van der Waals surface area contributed by atoms with Crippen LogP contribution in [0.1, 0.15) is 24.2 Å². The Morgan fingerprint density at radius 3 is 2.75 bits per heavy atom. The topological polar surface area (TPSA) is 72.8 Å². The Bertz CT molecular complexity index is 556. The molecule has 0 bridgehead atoms. The normalized spacial score (nSPS) is 27.6. The number of phenols is 2. The van der Waals surface area contributed by atoms with Crippen molar-refractivity contribution < 1.29 is 15.0 Å². The lowest BCUT2D eigenvalue weighted by Gasteiger charge is -2.35. The van der Waals surface area contributed by atoms with Gasteiger partial charge in [-0.2, -0.15) is 0 Å². The molecule has 20 heavy (non-hydrogen) atoms. The number of hydrogen-bond donors (Lipinski definition) is 3. The van der Waals surface area contributed by atoms with Crippen LogP contribution in [-0.4, -0.2) is 46.2 Å². The second kappa shape index (κ2) is 4.38. The zero-order valence-corrected chi connectivity index (χ0v) is 11.8. The first-order chi connectivity index (χ1) is 9.41. The third kappa shape index (κ3) is 1.85. The van der Waals surface area contributed by atoms with Crippen LogP contribution in [0.3, 0.4) is 0 Å². The van der Waals surface area contributed by atoms with Crippen molar-refractivity contribution in [1.82, 2.24) is 10.2 Å². The van der Waals surface area contributed by atoms with Gasteiger partial charge in [-0.1, -0.05) is 0 Å². The summed E-state index contributed by atoms with van der Waals surface area (Å²) in [5.41, 5.74) is 0.0269. The molecule has 2 heterocycles. The molecular weight excluding hydrogens is 256 g/mol. The van der Waals surface area contributed by atoms with Crippen molar-refractivity contribution in [2.45, 2.75) is 19.4 Å². The number of rotatable bonds is 1. The van der Waals surface area contributed by atoms with Crippen LogP contribution >= 0.6 is 0 Å². The standard InChI is InChI=1S/C15H20N2O3/c1-15(2)12-7-16-6-9(12)8-17(15)14(20)11-4-3-10(18)5-13(11)19/h3-5,9,12,16,18-19H,6-8H2,1-2H3. The minimum absolute atomic E-state index is 0.0409. The highest BCUT2D eigenvalue weighted by Gasteiger charge is 2.51. The molecule has 2 unspecified atom stereocenters. The van der Waals surface area contributed by atoms with Gasteiger partial charge in [0.25, 0.3) is 5.91 Å². The van der Waals surface area contributed by atoms with Crippen LogP contribution in [0.25, 0.3) is 0 Å². The number of fused-ring (bicyclic) bond motifs is 1. The van der Waals surface area contributed by atoms with E-state index in [4.69, 9.17) is 0 Å². The average molecular weight is 276 g/mol. The van der Waals surface area contributed by atoms with Gasteiger partial charge in [0.1, 0.15) is 11.5 Å². The predicted molar refractivity (Wildman–Crippen MR) is 74.7 cm³/mol. The van der Waals surface area contributed by atoms with Gasteiger partial charge in [0.05, 0.1) is 5.56 Å². The fourth-order valence-corrected chi connectivity index (χ4v) is 3.61. The van der Waals surface area contributed by atoms with E-state index in [9.17, 15) is 15.0 Å². The van der Waals surface area contributed by atoms with Crippen molar-refractivity contribution in [2.75, 3.05) is 19.6 Å². The molecule has 0 saturated carbocycles. The van der Waals surface area contributed by atoms with Crippen molar-refractivity contribution in [2.24, 2.45) is 11.8 Å². The summed E-state index contributed by atoms with van der Waals surface area (Å²) >= 11 is 0. The maximum Gasteiger partial charge on any atom is 0.258 e. The molecule has 0 aromatic heterocycles. The SMILES string of the molecule is CC1(C)C2CNCC2CN1C(=O)c1ccc(O)cc1O. The van der Waals surface area contributed by atoms with Gasteiger partial charge in [-0.25, -0.2) is 0 Å². The number of aromatic hydroxyl groups is 2. The molecule has 2 saturated heterocycles. The molecule has 1 aromatic carbocycles. The zero-order valence-electron chi connectivity index (χ0n) is 11.8. The van der Waals surface area contributed by atoms with E-state index in [1.54, 1.807) is 0 Å². The molecule has 3 rings (SSSR count). The van der Waals surface area contributed by atoms with E-state index >= 15 is 0 Å². The number of phenolic OH excluding ortho intramolecular Hbond substituents is 2. The number of nitrogens with one attached hydrogen (secondary N) is 1. The van der Waals surface area contributed by atoms with Crippen LogP contribution in [-0.2, 0) is 0 Å². The van der Waals surface area contributed by atoms with Gasteiger partial charge in [0.2, 0.25) is 0 Å². The molecule has 108 valence electrons. The minimum atomic E-state index is -0.227. The van der Waals surface area contributed by atoms with Crippen molar-refractivity contribution >= 4 is 5.91 Å². The van der Waals surface area contributed by atoms with Crippen LogP contribution < -0.4 is 5.32 Å². The van der Waals surface area contributed by atoms with Crippen LogP contribution in [0.15, 0.2) is 18.2 Å². The first-order valence-electron chi connectivity index (χ1n) is 6.96. The molecule has 0 spiro atoms. The maximum absolute atomic E-state index is 12.7. The first kappa shape index (κ1) is 13.2. The van der Waals surface area contributed by atoms with Crippen molar-refractivity contribution in [3.8, 4) is 11.5 Å². The second-order valence-corrected chi connectivity index (χ2v) is 6.30. The number of hydrogen-bond acceptors (Lipinski definition) is 4. The molecule has 2 atom stereocenters. The van der Waals surface area contributed by atoms with Gasteiger partial charge in [-0.3, -0.25) is 4.79 Å². The van der Waals surface area contributed by atoms with Gasteiger partial charge < -0.3 is 20.4 Å². The monoisotopic (exact) mass is 276 g/mol. The van der Waals surface area contributed by atoms with Gasteiger partial charge in [0, 0.05) is 31.2 Å². The Morgan fingerprint density at radius 2 is 2.10 bits per heavy atom. The smallest absolute Gasteiger partial charge is 0.258 e. The van der Waals surface area contributed by atoms with Gasteiger partial charge in [-0.15, -0.1) is 0 Å². The lowest BCUT2D eigenvalue weighted by molar-refractivity contribution is 0.0600. The molecule has 5 heteroatoms. The first-order valence-corrected chi connectivity index (χ1v) is 6.96. The summed E-state index contributed by atoms with van der Waals surface area (Å²) in [6.45, 7) is 6.76. The molecule has 0 aliphatic carbocycles. The van der Waals surface area contributed by atoms with Crippen molar-refractivity contribution in [3.63, 3.8) is 0 Å². The van der Waals surface area contributed by atoms with Crippen LogP contribution in [0.4, 0.5) is 0 Å². The lowest BCUT2D eigenvalue weighted by atomic mass is 9.84. The molecule has 3 N–H and O–H groups in total. The number of amides is 1. The van der Waals surface area contributed by atoms with E-state index in [0.29, 0.717) is 18.4 Å². The van der Waals surface area contributed by atoms with E-state index in [2.05, 4.69) is 19.2 Å². The number of nitrogens with zero attached hydrogens (tertiary/aromatic N) is 1. The summed E-state index contributed by atoms with van der Waals surface area (Å²) in [7, 11) is 0. The molecule has 1 aromatic rings. The summed E-state index contributed by atoms with van der Waals surface area (Å²) in [5.74, 6) is 0.558.